The van der Waals surface area contributed by atoms with Crippen molar-refractivity contribution < 1.29 is 4.79 Å². The number of rotatable bonds is 3. The minimum Gasteiger partial charge on any atom is -0.267 e. The van der Waals surface area contributed by atoms with Gasteiger partial charge in [-0.2, -0.15) is 5.10 Å². The topological polar surface area (TPSA) is 54.4 Å². The molecule has 0 spiro atoms. The van der Waals surface area contributed by atoms with Gasteiger partial charge in [-0.15, -0.1) is 0 Å². The third-order valence-electron chi connectivity index (χ3n) is 2.67. The molecule has 0 radical (unpaired) electrons. The predicted molar refractivity (Wildman–Crippen MR) is 85.4 cm³/mol. The predicted octanol–water partition coefficient (Wildman–Crippen LogP) is 4.20. The normalized spacial score (nSPS) is 11.3. The van der Waals surface area contributed by atoms with E-state index < -0.39 is 0 Å². The van der Waals surface area contributed by atoms with E-state index in [-0.39, 0.29) is 10.9 Å². The van der Waals surface area contributed by atoms with Crippen LogP contribution in [-0.2, 0) is 0 Å². The molecule has 1 amide bonds. The Morgan fingerprint density at radius 3 is 2.62 bits per heavy atom. The Balaban J connectivity index is 2.19. The van der Waals surface area contributed by atoms with Gasteiger partial charge in [0.25, 0.3) is 5.91 Å². The summed E-state index contributed by atoms with van der Waals surface area (Å²) in [6, 6.07) is 6.61. The molecule has 2 rings (SSSR count). The lowest BCUT2D eigenvalue weighted by molar-refractivity contribution is 0.0954. The molecule has 0 bridgehead atoms. The van der Waals surface area contributed by atoms with Gasteiger partial charge in [0, 0.05) is 18.0 Å². The number of pyridine rings is 1. The zero-order valence-electron chi connectivity index (χ0n) is 10.9. The molecule has 7 heteroatoms. The minimum absolute atomic E-state index is 0.254. The average molecular weight is 343 g/mol. The van der Waals surface area contributed by atoms with Crippen LogP contribution in [-0.4, -0.2) is 16.6 Å². The summed E-state index contributed by atoms with van der Waals surface area (Å²) in [5.41, 5.74) is 3.95. The van der Waals surface area contributed by atoms with Crippen LogP contribution in [0.1, 0.15) is 22.8 Å². The standard InChI is InChI=1S/C14H10Cl3N3O/c1-8(10-4-5-11(15)13(17)12(10)16)19-20-14(21)9-3-2-6-18-7-9/h2-7H,1H3,(H,20,21)/b19-8-. The SMILES string of the molecule is C/C(=N/NC(=O)c1cccnc1)c1ccc(Cl)c(Cl)c1Cl. The minimum atomic E-state index is -0.362. The molecule has 0 aliphatic rings. The van der Waals surface area contributed by atoms with Crippen molar-refractivity contribution >= 4 is 46.4 Å². The first-order valence-corrected chi connectivity index (χ1v) is 7.02. The molecule has 0 atom stereocenters. The number of hydrogen-bond acceptors (Lipinski definition) is 3. The maximum Gasteiger partial charge on any atom is 0.272 e. The molecule has 2 aromatic rings. The first-order chi connectivity index (χ1) is 10.0. The van der Waals surface area contributed by atoms with Crippen molar-refractivity contribution in [1.29, 1.82) is 0 Å². The lowest BCUT2D eigenvalue weighted by atomic mass is 10.1. The number of carbonyl (C=O) groups excluding carboxylic acids is 1. The second-order valence-corrected chi connectivity index (χ2v) is 5.27. The highest BCUT2D eigenvalue weighted by atomic mass is 35.5. The van der Waals surface area contributed by atoms with Gasteiger partial charge in [0.05, 0.1) is 26.3 Å². The second-order valence-electron chi connectivity index (χ2n) is 4.10. The number of benzene rings is 1. The Morgan fingerprint density at radius 2 is 1.95 bits per heavy atom. The van der Waals surface area contributed by atoms with Crippen LogP contribution >= 0.6 is 34.8 Å². The smallest absolute Gasteiger partial charge is 0.267 e. The molecule has 108 valence electrons. The number of hydrogen-bond donors (Lipinski definition) is 1. The van der Waals surface area contributed by atoms with Crippen molar-refractivity contribution in [2.75, 3.05) is 0 Å². The number of aromatic nitrogens is 1. The molecule has 0 aliphatic heterocycles. The van der Waals surface area contributed by atoms with Crippen molar-refractivity contribution in [2.24, 2.45) is 5.10 Å². The van der Waals surface area contributed by atoms with Crippen LogP contribution in [0.2, 0.25) is 15.1 Å². The highest BCUT2D eigenvalue weighted by Gasteiger charge is 2.11. The molecular formula is C14H10Cl3N3O. The van der Waals surface area contributed by atoms with E-state index in [2.05, 4.69) is 15.5 Å². The number of halogens is 3. The Labute approximate surface area is 136 Å². The van der Waals surface area contributed by atoms with Crippen LogP contribution in [0.25, 0.3) is 0 Å². The monoisotopic (exact) mass is 341 g/mol. The molecule has 4 nitrogen and oxygen atoms in total. The van der Waals surface area contributed by atoms with Crippen LogP contribution in [0.4, 0.5) is 0 Å². The number of nitrogens with one attached hydrogen (secondary N) is 1. The summed E-state index contributed by atoms with van der Waals surface area (Å²) in [6.45, 7) is 1.70. The number of carbonyl (C=O) groups is 1. The number of hydrazone groups is 1. The maximum atomic E-state index is 11.8. The van der Waals surface area contributed by atoms with Crippen LogP contribution in [0.5, 0.6) is 0 Å². The summed E-state index contributed by atoms with van der Waals surface area (Å²) in [7, 11) is 0. The van der Waals surface area contributed by atoms with E-state index in [9.17, 15) is 4.79 Å². The molecule has 0 fully saturated rings. The van der Waals surface area contributed by atoms with Gasteiger partial charge in [0.2, 0.25) is 0 Å². The van der Waals surface area contributed by atoms with Crippen molar-refractivity contribution in [3.8, 4) is 0 Å². The van der Waals surface area contributed by atoms with Gasteiger partial charge in [-0.3, -0.25) is 9.78 Å². The van der Waals surface area contributed by atoms with Gasteiger partial charge in [-0.25, -0.2) is 5.43 Å². The first kappa shape index (κ1) is 15.8. The van der Waals surface area contributed by atoms with Crippen LogP contribution in [0.15, 0.2) is 41.8 Å². The second kappa shape index (κ2) is 6.89. The van der Waals surface area contributed by atoms with E-state index in [1.54, 1.807) is 37.4 Å². The summed E-state index contributed by atoms with van der Waals surface area (Å²) < 4.78 is 0. The van der Waals surface area contributed by atoms with Crippen molar-refractivity contribution in [3.63, 3.8) is 0 Å². The van der Waals surface area contributed by atoms with Gasteiger partial charge in [0.1, 0.15) is 0 Å². The Kier molecular flexibility index (Phi) is 5.17. The van der Waals surface area contributed by atoms with Crippen LogP contribution in [0, 0.1) is 0 Å². The fourth-order valence-corrected chi connectivity index (χ4v) is 2.23. The van der Waals surface area contributed by atoms with Crippen molar-refractivity contribution in [1.82, 2.24) is 10.4 Å². The molecule has 0 saturated heterocycles. The molecular weight excluding hydrogens is 333 g/mol. The summed E-state index contributed by atoms with van der Waals surface area (Å²) in [5, 5.41) is 4.91. The Morgan fingerprint density at radius 1 is 1.19 bits per heavy atom. The zero-order valence-corrected chi connectivity index (χ0v) is 13.2. The van der Waals surface area contributed by atoms with E-state index in [0.717, 1.165) is 0 Å². The molecule has 1 aromatic heterocycles. The summed E-state index contributed by atoms with van der Waals surface area (Å²) >= 11 is 17.9. The molecule has 0 unspecified atom stereocenters. The molecule has 0 aliphatic carbocycles. The lowest BCUT2D eigenvalue weighted by Gasteiger charge is -2.07. The highest BCUT2D eigenvalue weighted by Crippen LogP contribution is 2.32. The summed E-state index contributed by atoms with van der Waals surface area (Å²) in [5.74, 6) is -0.362. The van der Waals surface area contributed by atoms with E-state index >= 15 is 0 Å². The quantitative estimate of drug-likeness (QED) is 0.516. The summed E-state index contributed by atoms with van der Waals surface area (Å²) in [6.07, 6.45) is 3.03. The van der Waals surface area contributed by atoms with Gasteiger partial charge in [-0.1, -0.05) is 40.9 Å². The average Bonchev–Trinajstić information content (AvgIpc) is 2.51. The van der Waals surface area contributed by atoms with Crippen molar-refractivity contribution in [3.05, 3.63) is 62.9 Å². The molecule has 1 aromatic carbocycles. The van der Waals surface area contributed by atoms with Gasteiger partial charge in [0.15, 0.2) is 0 Å². The zero-order chi connectivity index (χ0) is 15.4. The largest absolute Gasteiger partial charge is 0.272 e. The molecule has 0 saturated carbocycles. The Bertz CT molecular complexity index is 702. The van der Waals surface area contributed by atoms with Crippen LogP contribution in [0.3, 0.4) is 0 Å². The van der Waals surface area contributed by atoms with E-state index in [1.807, 2.05) is 0 Å². The van der Waals surface area contributed by atoms with E-state index in [4.69, 9.17) is 34.8 Å². The maximum absolute atomic E-state index is 11.8. The molecule has 1 heterocycles. The summed E-state index contributed by atoms with van der Waals surface area (Å²) in [4.78, 5) is 15.7. The van der Waals surface area contributed by atoms with E-state index in [1.165, 1.54) is 6.20 Å². The third-order valence-corrected chi connectivity index (χ3v) is 3.97. The van der Waals surface area contributed by atoms with Crippen LogP contribution < -0.4 is 5.43 Å². The fourth-order valence-electron chi connectivity index (χ4n) is 1.56. The number of amides is 1. The fraction of sp³-hybridized carbons (Fsp3) is 0.0714. The first-order valence-electron chi connectivity index (χ1n) is 5.89. The third kappa shape index (κ3) is 3.73. The van der Waals surface area contributed by atoms with Gasteiger partial charge < -0.3 is 0 Å². The van der Waals surface area contributed by atoms with Crippen molar-refractivity contribution in [2.45, 2.75) is 6.92 Å². The number of nitrogens with zero attached hydrogens (tertiary/aromatic N) is 2. The molecule has 21 heavy (non-hydrogen) atoms. The van der Waals surface area contributed by atoms with Gasteiger partial charge in [-0.05, 0) is 25.1 Å². The molecule has 1 N–H and O–H groups in total. The van der Waals surface area contributed by atoms with Gasteiger partial charge >= 0.3 is 0 Å². The van der Waals surface area contributed by atoms with E-state index in [0.29, 0.717) is 26.9 Å². The lowest BCUT2D eigenvalue weighted by Crippen LogP contribution is -2.19. The highest BCUT2D eigenvalue weighted by molar-refractivity contribution is 6.49. The Hall–Kier alpha value is -1.62.